The maximum absolute atomic E-state index is 4.92. The van der Waals surface area contributed by atoms with Crippen LogP contribution in [0.25, 0.3) is 23.7 Å². The Hall–Kier alpha value is -2.66. The van der Waals surface area contributed by atoms with Gasteiger partial charge in [-0.3, -0.25) is 0 Å². The topological polar surface area (TPSA) is 58.0 Å². The zero-order chi connectivity index (χ0) is 21.4. The Morgan fingerprint density at radius 1 is 1.29 bits per heavy atom. The quantitative estimate of drug-likeness (QED) is 0.626. The molecule has 5 nitrogen and oxygen atoms in total. The molecule has 0 unspecified atom stereocenters. The van der Waals surface area contributed by atoms with E-state index in [1.165, 1.54) is 53.1 Å². The SMILES string of the molecule is C=c1/c(=C\CC(CC)=Nc2ccc3c4c([nH]c3n2)CCC4)c(C2CCNCC2)cn1C. The number of hydrogen-bond acceptors (Lipinski definition) is 3. The second-order valence-corrected chi connectivity index (χ2v) is 9.02. The van der Waals surface area contributed by atoms with E-state index < -0.39 is 0 Å². The third-order valence-corrected chi connectivity index (χ3v) is 7.07. The van der Waals surface area contributed by atoms with Crippen LogP contribution in [0.2, 0.25) is 0 Å². The number of aromatic amines is 1. The Morgan fingerprint density at radius 3 is 2.94 bits per heavy atom. The molecule has 2 aliphatic rings. The second-order valence-electron chi connectivity index (χ2n) is 9.02. The maximum Gasteiger partial charge on any atom is 0.154 e. The number of aromatic nitrogens is 3. The van der Waals surface area contributed by atoms with Gasteiger partial charge in [0.15, 0.2) is 5.82 Å². The average Bonchev–Trinajstić information content (AvgIpc) is 3.46. The molecule has 31 heavy (non-hydrogen) atoms. The predicted molar refractivity (Wildman–Crippen MR) is 130 cm³/mol. The Morgan fingerprint density at radius 2 is 2.13 bits per heavy atom. The number of hydrogen-bond donors (Lipinski definition) is 2. The van der Waals surface area contributed by atoms with Gasteiger partial charge in [0.05, 0.1) is 0 Å². The highest BCUT2D eigenvalue weighted by atomic mass is 15.0. The van der Waals surface area contributed by atoms with E-state index >= 15 is 0 Å². The highest BCUT2D eigenvalue weighted by Crippen LogP contribution is 2.30. The molecular weight excluding hydrogens is 382 g/mol. The van der Waals surface area contributed by atoms with Crippen molar-refractivity contribution < 1.29 is 0 Å². The molecule has 0 radical (unpaired) electrons. The number of pyridine rings is 1. The maximum atomic E-state index is 4.92. The lowest BCUT2D eigenvalue weighted by molar-refractivity contribution is 0.459. The number of nitrogens with zero attached hydrogens (tertiary/aromatic N) is 3. The van der Waals surface area contributed by atoms with Crippen LogP contribution in [0, 0.1) is 0 Å². The van der Waals surface area contributed by atoms with Gasteiger partial charge in [-0.1, -0.05) is 19.6 Å². The molecule has 1 aliphatic heterocycles. The zero-order valence-corrected chi connectivity index (χ0v) is 18.8. The van der Waals surface area contributed by atoms with Gasteiger partial charge >= 0.3 is 0 Å². The van der Waals surface area contributed by atoms with Crippen LogP contribution in [-0.2, 0) is 19.9 Å². The van der Waals surface area contributed by atoms with Gasteiger partial charge in [0.2, 0.25) is 0 Å². The van der Waals surface area contributed by atoms with Gasteiger partial charge in [-0.15, -0.1) is 0 Å². The van der Waals surface area contributed by atoms with Gasteiger partial charge in [-0.2, -0.15) is 0 Å². The first kappa shape index (κ1) is 20.3. The van der Waals surface area contributed by atoms with Gasteiger partial charge < -0.3 is 14.9 Å². The Labute approximate surface area is 184 Å². The molecule has 2 N–H and O–H groups in total. The molecule has 0 amide bonds. The molecule has 162 valence electrons. The minimum absolute atomic E-state index is 0.620. The van der Waals surface area contributed by atoms with Crippen molar-refractivity contribution in [2.75, 3.05) is 13.1 Å². The van der Waals surface area contributed by atoms with E-state index in [4.69, 9.17) is 9.98 Å². The largest absolute Gasteiger partial charge is 0.351 e. The van der Waals surface area contributed by atoms with Crippen molar-refractivity contribution >= 4 is 35.2 Å². The van der Waals surface area contributed by atoms with Crippen LogP contribution in [0.15, 0.2) is 23.3 Å². The van der Waals surface area contributed by atoms with E-state index in [0.29, 0.717) is 5.92 Å². The van der Waals surface area contributed by atoms with Crippen LogP contribution in [0.1, 0.15) is 61.8 Å². The number of aryl methyl sites for hydroxylation is 3. The first-order valence-corrected chi connectivity index (χ1v) is 11.8. The molecule has 3 aromatic rings. The van der Waals surface area contributed by atoms with Crippen molar-refractivity contribution in [1.29, 1.82) is 0 Å². The van der Waals surface area contributed by atoms with Crippen LogP contribution in [0.3, 0.4) is 0 Å². The minimum Gasteiger partial charge on any atom is -0.351 e. The predicted octanol–water partition coefficient (Wildman–Crippen LogP) is 3.62. The molecule has 0 spiro atoms. The van der Waals surface area contributed by atoms with Crippen molar-refractivity contribution in [2.24, 2.45) is 12.0 Å². The fourth-order valence-corrected chi connectivity index (χ4v) is 5.23. The van der Waals surface area contributed by atoms with Crippen LogP contribution >= 0.6 is 0 Å². The van der Waals surface area contributed by atoms with Crippen molar-refractivity contribution in [1.82, 2.24) is 19.9 Å². The summed E-state index contributed by atoms with van der Waals surface area (Å²) in [5.41, 5.74) is 6.42. The van der Waals surface area contributed by atoms with E-state index in [9.17, 15) is 0 Å². The molecule has 1 aliphatic carbocycles. The summed E-state index contributed by atoms with van der Waals surface area (Å²) < 4.78 is 2.17. The molecule has 4 heterocycles. The average molecular weight is 416 g/mol. The van der Waals surface area contributed by atoms with Gasteiger partial charge in [0, 0.05) is 41.8 Å². The molecule has 0 atom stereocenters. The first-order chi connectivity index (χ1) is 15.1. The molecule has 0 aromatic carbocycles. The molecule has 0 saturated carbocycles. The summed E-state index contributed by atoms with van der Waals surface area (Å²) in [5.74, 6) is 1.43. The van der Waals surface area contributed by atoms with E-state index in [1.807, 2.05) is 0 Å². The van der Waals surface area contributed by atoms with E-state index in [0.717, 1.165) is 54.9 Å². The summed E-state index contributed by atoms with van der Waals surface area (Å²) >= 11 is 0. The Balaban J connectivity index is 1.44. The lowest BCUT2D eigenvalue weighted by atomic mass is 9.90. The number of aliphatic imine (C=N–C) groups is 1. The molecule has 5 heteroatoms. The number of H-pyrrole nitrogens is 1. The molecule has 0 bridgehead atoms. The monoisotopic (exact) mass is 415 g/mol. The Bertz CT molecular complexity index is 1240. The van der Waals surface area contributed by atoms with Crippen LogP contribution < -0.4 is 15.9 Å². The summed E-state index contributed by atoms with van der Waals surface area (Å²) in [6.07, 6.45) is 12.3. The van der Waals surface area contributed by atoms with Crippen molar-refractivity contribution in [3.63, 3.8) is 0 Å². The van der Waals surface area contributed by atoms with Gasteiger partial charge in [-0.25, -0.2) is 9.98 Å². The van der Waals surface area contributed by atoms with Crippen molar-refractivity contribution in [2.45, 2.75) is 57.8 Å². The van der Waals surface area contributed by atoms with Gasteiger partial charge in [0.25, 0.3) is 0 Å². The summed E-state index contributed by atoms with van der Waals surface area (Å²) in [4.78, 5) is 13.2. The summed E-state index contributed by atoms with van der Waals surface area (Å²) in [5, 5.41) is 7.15. The minimum atomic E-state index is 0.620. The van der Waals surface area contributed by atoms with Gasteiger partial charge in [0.1, 0.15) is 5.65 Å². The third-order valence-electron chi connectivity index (χ3n) is 7.07. The van der Waals surface area contributed by atoms with Crippen LogP contribution in [-0.4, -0.2) is 33.3 Å². The molecule has 3 aromatic heterocycles. The number of fused-ring (bicyclic) bond motifs is 3. The second kappa shape index (κ2) is 8.46. The Kier molecular flexibility index (Phi) is 5.53. The summed E-state index contributed by atoms with van der Waals surface area (Å²) in [6, 6.07) is 4.26. The normalized spacial score (nSPS) is 18.3. The summed E-state index contributed by atoms with van der Waals surface area (Å²) in [7, 11) is 2.10. The molecular formula is C26H33N5. The third kappa shape index (κ3) is 3.87. The lowest BCUT2D eigenvalue weighted by Crippen LogP contribution is -2.32. The first-order valence-electron chi connectivity index (χ1n) is 11.8. The number of rotatable bonds is 5. The number of nitrogens with one attached hydrogen (secondary N) is 2. The molecule has 1 fully saturated rings. The highest BCUT2D eigenvalue weighted by molar-refractivity contribution is 5.91. The van der Waals surface area contributed by atoms with E-state index in [-0.39, 0.29) is 0 Å². The fourth-order valence-electron chi connectivity index (χ4n) is 5.23. The van der Waals surface area contributed by atoms with Crippen molar-refractivity contribution in [3.05, 3.63) is 45.7 Å². The molecule has 5 rings (SSSR count). The number of piperidine rings is 1. The van der Waals surface area contributed by atoms with Gasteiger partial charge in [-0.05, 0) is 86.0 Å². The van der Waals surface area contributed by atoms with Crippen molar-refractivity contribution in [3.8, 4) is 0 Å². The zero-order valence-electron chi connectivity index (χ0n) is 18.8. The van der Waals surface area contributed by atoms with Crippen LogP contribution in [0.5, 0.6) is 0 Å². The molecule has 1 saturated heterocycles. The summed E-state index contributed by atoms with van der Waals surface area (Å²) in [6.45, 7) is 8.72. The fraction of sp³-hybridized carbons (Fsp3) is 0.462. The smallest absolute Gasteiger partial charge is 0.154 e. The standard InChI is InChI=1S/C26H33N5/c1-4-19(28-25-11-10-22-21-6-5-7-24(21)29-26(22)30-25)8-9-20-17(2)31(3)16-23(20)18-12-14-27-15-13-18/h9-11,16,18,27H,2,4-8,12-15H2,1,3H3,(H,29,30)/b20-9+,28-19?. The highest BCUT2D eigenvalue weighted by Gasteiger charge is 2.19. The van der Waals surface area contributed by atoms with E-state index in [2.05, 4.69) is 59.8 Å². The lowest BCUT2D eigenvalue weighted by Gasteiger charge is -2.22. The van der Waals surface area contributed by atoms with Crippen LogP contribution in [0.4, 0.5) is 5.82 Å². The van der Waals surface area contributed by atoms with E-state index in [1.54, 1.807) is 0 Å².